The highest BCUT2D eigenvalue weighted by Crippen LogP contribution is 2.20. The molecule has 0 spiro atoms. The molecular weight excluding hydrogens is 340 g/mol. The van der Waals surface area contributed by atoms with Crippen LogP contribution in [0.3, 0.4) is 0 Å². The number of unbranched alkanes of at least 4 members (excludes halogenated alkanes) is 1. The lowest BCUT2D eigenvalue weighted by atomic mass is 9.98. The van der Waals surface area contributed by atoms with E-state index in [9.17, 15) is 9.59 Å². The van der Waals surface area contributed by atoms with E-state index in [1.165, 1.54) is 12.5 Å². The average molecular weight is 377 g/mol. The Kier molecular flexibility index (Phi) is 10.7. The fraction of sp³-hybridized carbons (Fsp3) is 0.636. The molecule has 1 rings (SSSR count). The fourth-order valence-corrected chi connectivity index (χ4v) is 2.79. The largest absolute Gasteiger partial charge is 0.492 e. The van der Waals surface area contributed by atoms with E-state index in [2.05, 4.69) is 30.5 Å². The summed E-state index contributed by atoms with van der Waals surface area (Å²) in [6.45, 7) is 10.5. The predicted molar refractivity (Wildman–Crippen MR) is 110 cm³/mol. The van der Waals surface area contributed by atoms with Crippen LogP contribution in [0.2, 0.25) is 0 Å². The molecule has 0 aliphatic rings. The SMILES string of the molecule is CCCCc1ccccc1OCCN[C@H](C(=O)N[C@H](C)C(C)=O)C(C)CC. The van der Waals surface area contributed by atoms with E-state index in [0.29, 0.717) is 13.2 Å². The lowest BCUT2D eigenvalue weighted by Gasteiger charge is -2.25. The Hall–Kier alpha value is -1.88. The Bertz CT molecular complexity index is 589. The van der Waals surface area contributed by atoms with Crippen molar-refractivity contribution in [2.75, 3.05) is 13.2 Å². The van der Waals surface area contributed by atoms with Crippen molar-refractivity contribution in [2.45, 2.75) is 72.4 Å². The molecule has 0 saturated carbocycles. The normalized spacial score (nSPS) is 14.3. The van der Waals surface area contributed by atoms with Crippen molar-refractivity contribution in [3.63, 3.8) is 0 Å². The van der Waals surface area contributed by atoms with Crippen molar-refractivity contribution in [3.05, 3.63) is 29.8 Å². The molecule has 0 aliphatic carbocycles. The van der Waals surface area contributed by atoms with Gasteiger partial charge in [-0.3, -0.25) is 9.59 Å². The van der Waals surface area contributed by atoms with E-state index in [-0.39, 0.29) is 23.7 Å². The molecule has 0 aliphatic heterocycles. The monoisotopic (exact) mass is 376 g/mol. The minimum absolute atomic E-state index is 0.0433. The number of carbonyl (C=O) groups is 2. The van der Waals surface area contributed by atoms with Gasteiger partial charge in [0.1, 0.15) is 12.4 Å². The Labute approximate surface area is 164 Å². The Morgan fingerprint density at radius 3 is 2.48 bits per heavy atom. The fourth-order valence-electron chi connectivity index (χ4n) is 2.79. The second-order valence-corrected chi connectivity index (χ2v) is 7.22. The molecule has 0 saturated heterocycles. The Balaban J connectivity index is 2.57. The molecule has 0 heterocycles. The van der Waals surface area contributed by atoms with Crippen LogP contribution in [0.25, 0.3) is 0 Å². The number of para-hydroxylation sites is 1. The molecular formula is C22H36N2O3. The standard InChI is InChI=1S/C22H36N2O3/c1-6-8-11-19-12-9-10-13-20(19)27-15-14-23-21(16(3)7-2)22(26)24-17(4)18(5)25/h9-10,12-13,16-17,21,23H,6-8,11,14-15H2,1-5H3,(H,24,26)/t16?,17-,21+/m1/s1. The Morgan fingerprint density at radius 1 is 1.15 bits per heavy atom. The van der Waals surface area contributed by atoms with Crippen molar-refractivity contribution in [1.82, 2.24) is 10.6 Å². The van der Waals surface area contributed by atoms with Crippen molar-refractivity contribution >= 4 is 11.7 Å². The first-order chi connectivity index (χ1) is 12.9. The van der Waals surface area contributed by atoms with Crippen molar-refractivity contribution < 1.29 is 14.3 Å². The summed E-state index contributed by atoms with van der Waals surface area (Å²) in [5, 5.41) is 6.09. The van der Waals surface area contributed by atoms with Crippen LogP contribution in [0.15, 0.2) is 24.3 Å². The molecule has 0 fully saturated rings. The zero-order valence-corrected chi connectivity index (χ0v) is 17.5. The third kappa shape index (κ3) is 8.12. The van der Waals surface area contributed by atoms with Gasteiger partial charge in [0, 0.05) is 6.54 Å². The van der Waals surface area contributed by atoms with Crippen LogP contribution in [-0.4, -0.2) is 36.9 Å². The van der Waals surface area contributed by atoms with E-state index in [1.54, 1.807) is 6.92 Å². The summed E-state index contributed by atoms with van der Waals surface area (Å²) >= 11 is 0. The molecule has 1 amide bonds. The van der Waals surface area contributed by atoms with Gasteiger partial charge in [-0.05, 0) is 44.2 Å². The summed E-state index contributed by atoms with van der Waals surface area (Å²) in [4.78, 5) is 23.9. The lowest BCUT2D eigenvalue weighted by Crippen LogP contribution is -2.52. The highest BCUT2D eigenvalue weighted by molar-refractivity contribution is 5.89. The molecule has 5 heteroatoms. The molecule has 152 valence electrons. The maximum Gasteiger partial charge on any atom is 0.237 e. The van der Waals surface area contributed by atoms with Crippen LogP contribution >= 0.6 is 0 Å². The summed E-state index contributed by atoms with van der Waals surface area (Å²) < 4.78 is 5.95. The Morgan fingerprint density at radius 2 is 1.85 bits per heavy atom. The number of rotatable bonds is 13. The quantitative estimate of drug-likeness (QED) is 0.517. The average Bonchev–Trinajstić information content (AvgIpc) is 2.66. The second kappa shape index (κ2) is 12.5. The number of benzene rings is 1. The van der Waals surface area contributed by atoms with Gasteiger partial charge >= 0.3 is 0 Å². The highest BCUT2D eigenvalue weighted by atomic mass is 16.5. The van der Waals surface area contributed by atoms with E-state index in [1.807, 2.05) is 25.1 Å². The number of ether oxygens (including phenoxy) is 1. The summed E-state index contributed by atoms with van der Waals surface area (Å²) in [7, 11) is 0. The minimum Gasteiger partial charge on any atom is -0.492 e. The number of hydrogen-bond acceptors (Lipinski definition) is 4. The van der Waals surface area contributed by atoms with Crippen molar-refractivity contribution in [1.29, 1.82) is 0 Å². The second-order valence-electron chi connectivity index (χ2n) is 7.22. The number of hydrogen-bond donors (Lipinski definition) is 2. The van der Waals surface area contributed by atoms with Gasteiger partial charge in [0.05, 0.1) is 12.1 Å². The van der Waals surface area contributed by atoms with Gasteiger partial charge in [-0.15, -0.1) is 0 Å². The first kappa shape index (κ1) is 23.2. The van der Waals surface area contributed by atoms with Gasteiger partial charge < -0.3 is 15.4 Å². The highest BCUT2D eigenvalue weighted by Gasteiger charge is 2.25. The van der Waals surface area contributed by atoms with Crippen LogP contribution in [0.5, 0.6) is 5.75 Å². The molecule has 2 N–H and O–H groups in total. The molecule has 0 aromatic heterocycles. The van der Waals surface area contributed by atoms with E-state index in [0.717, 1.165) is 31.4 Å². The van der Waals surface area contributed by atoms with Gasteiger partial charge in [-0.25, -0.2) is 0 Å². The van der Waals surface area contributed by atoms with Crippen LogP contribution in [0.1, 0.15) is 59.4 Å². The summed E-state index contributed by atoms with van der Waals surface area (Å²) in [6, 6.07) is 7.32. The maximum absolute atomic E-state index is 12.5. The van der Waals surface area contributed by atoms with Gasteiger partial charge in [-0.2, -0.15) is 0 Å². The number of carbonyl (C=O) groups excluding carboxylic acids is 2. The molecule has 1 unspecified atom stereocenters. The third-order valence-electron chi connectivity index (χ3n) is 4.96. The van der Waals surface area contributed by atoms with Gasteiger partial charge in [0.25, 0.3) is 0 Å². The van der Waals surface area contributed by atoms with Gasteiger partial charge in [-0.1, -0.05) is 51.8 Å². The molecule has 3 atom stereocenters. The third-order valence-corrected chi connectivity index (χ3v) is 4.96. The van der Waals surface area contributed by atoms with E-state index in [4.69, 9.17) is 4.74 Å². The molecule has 1 aromatic rings. The van der Waals surface area contributed by atoms with Crippen LogP contribution < -0.4 is 15.4 Å². The van der Waals surface area contributed by atoms with E-state index >= 15 is 0 Å². The first-order valence-corrected chi connectivity index (χ1v) is 10.2. The number of aryl methyl sites for hydroxylation is 1. The van der Waals surface area contributed by atoms with Gasteiger partial charge in [0.15, 0.2) is 5.78 Å². The van der Waals surface area contributed by atoms with Crippen LogP contribution in [0.4, 0.5) is 0 Å². The van der Waals surface area contributed by atoms with Crippen molar-refractivity contribution in [3.8, 4) is 5.75 Å². The zero-order chi connectivity index (χ0) is 20.2. The smallest absolute Gasteiger partial charge is 0.237 e. The topological polar surface area (TPSA) is 67.4 Å². The summed E-state index contributed by atoms with van der Waals surface area (Å²) in [5.41, 5.74) is 1.23. The van der Waals surface area contributed by atoms with Crippen molar-refractivity contribution in [2.24, 2.45) is 5.92 Å². The number of ketones is 1. The lowest BCUT2D eigenvalue weighted by molar-refractivity contribution is -0.128. The molecule has 27 heavy (non-hydrogen) atoms. The first-order valence-electron chi connectivity index (χ1n) is 10.2. The molecule has 0 bridgehead atoms. The predicted octanol–water partition coefficient (Wildman–Crippen LogP) is 3.51. The summed E-state index contributed by atoms with van der Waals surface area (Å²) in [6.07, 6.45) is 4.19. The van der Waals surface area contributed by atoms with E-state index < -0.39 is 6.04 Å². The summed E-state index contributed by atoms with van der Waals surface area (Å²) in [5.74, 6) is 0.914. The minimum atomic E-state index is -0.465. The molecule has 1 aromatic carbocycles. The maximum atomic E-state index is 12.5. The number of Topliss-reactive ketones (excluding diaryl/α,β-unsaturated/α-hetero) is 1. The number of nitrogens with one attached hydrogen (secondary N) is 2. The molecule has 5 nitrogen and oxygen atoms in total. The number of amides is 1. The van der Waals surface area contributed by atoms with Crippen LogP contribution in [-0.2, 0) is 16.0 Å². The zero-order valence-electron chi connectivity index (χ0n) is 17.5. The van der Waals surface area contributed by atoms with Gasteiger partial charge in [0.2, 0.25) is 5.91 Å². The molecule has 0 radical (unpaired) electrons. The van der Waals surface area contributed by atoms with Crippen LogP contribution in [0, 0.1) is 5.92 Å².